The van der Waals surface area contributed by atoms with E-state index in [0.717, 1.165) is 16.7 Å². The van der Waals surface area contributed by atoms with E-state index in [1.165, 1.54) is 0 Å². The molecule has 1 aromatic carbocycles. The molecule has 0 spiro atoms. The molecule has 170 valence electrons. The normalized spacial score (nSPS) is 17.8. The van der Waals surface area contributed by atoms with Gasteiger partial charge in [-0.3, -0.25) is 19.6 Å². The molecule has 6 nitrogen and oxygen atoms in total. The zero-order valence-electron chi connectivity index (χ0n) is 19.2. The lowest BCUT2D eigenvalue weighted by atomic mass is 9.78. The van der Waals surface area contributed by atoms with E-state index < -0.39 is 5.41 Å². The van der Waals surface area contributed by atoms with Crippen molar-refractivity contribution >= 4 is 11.8 Å². The molecule has 33 heavy (non-hydrogen) atoms. The van der Waals surface area contributed by atoms with Crippen LogP contribution in [0.15, 0.2) is 73.2 Å². The van der Waals surface area contributed by atoms with Crippen LogP contribution in [-0.2, 0) is 11.2 Å². The topological polar surface area (TPSA) is 75.2 Å². The third-order valence-electron chi connectivity index (χ3n) is 6.22. The van der Waals surface area contributed by atoms with Crippen molar-refractivity contribution in [3.63, 3.8) is 0 Å². The molecule has 3 aromatic rings. The Kier molecular flexibility index (Phi) is 6.82. The SMILES string of the molecule is CC(C)CNC(=O)[C@]1(Cc2ccccc2-c2ccncc2)CCN(C(=O)c2ccccn2)C1. The maximum atomic E-state index is 13.6. The largest absolute Gasteiger partial charge is 0.355 e. The number of hydrogen-bond donors (Lipinski definition) is 1. The first-order chi connectivity index (χ1) is 16.0. The fourth-order valence-corrected chi connectivity index (χ4v) is 4.44. The molecule has 1 fully saturated rings. The summed E-state index contributed by atoms with van der Waals surface area (Å²) in [5.41, 5.74) is 2.97. The highest BCUT2D eigenvalue weighted by atomic mass is 16.2. The van der Waals surface area contributed by atoms with E-state index in [1.54, 1.807) is 35.6 Å². The average Bonchev–Trinajstić information content (AvgIpc) is 3.28. The van der Waals surface area contributed by atoms with Crippen LogP contribution in [-0.4, -0.2) is 46.3 Å². The number of benzene rings is 1. The van der Waals surface area contributed by atoms with Gasteiger partial charge in [0, 0.05) is 38.2 Å². The predicted octanol–water partition coefficient (Wildman–Crippen LogP) is 3.99. The van der Waals surface area contributed by atoms with E-state index in [4.69, 9.17) is 0 Å². The molecule has 0 saturated carbocycles. The van der Waals surface area contributed by atoms with Gasteiger partial charge in [-0.15, -0.1) is 0 Å². The Morgan fingerprint density at radius 2 is 1.79 bits per heavy atom. The van der Waals surface area contributed by atoms with Gasteiger partial charge in [0.2, 0.25) is 5.91 Å². The van der Waals surface area contributed by atoms with Crippen LogP contribution in [0.2, 0.25) is 0 Å². The van der Waals surface area contributed by atoms with E-state index in [1.807, 2.05) is 30.3 Å². The van der Waals surface area contributed by atoms with Gasteiger partial charge in [0.05, 0.1) is 5.41 Å². The summed E-state index contributed by atoms with van der Waals surface area (Å²) in [4.78, 5) is 36.8. The van der Waals surface area contributed by atoms with E-state index >= 15 is 0 Å². The number of aromatic nitrogens is 2. The lowest BCUT2D eigenvalue weighted by Crippen LogP contribution is -2.46. The summed E-state index contributed by atoms with van der Waals surface area (Å²) in [6, 6.07) is 17.5. The molecule has 3 heterocycles. The third-order valence-corrected chi connectivity index (χ3v) is 6.22. The molecular weight excluding hydrogens is 412 g/mol. The summed E-state index contributed by atoms with van der Waals surface area (Å²) < 4.78 is 0. The first-order valence-electron chi connectivity index (χ1n) is 11.5. The Labute approximate surface area is 195 Å². The first kappa shape index (κ1) is 22.6. The zero-order chi connectivity index (χ0) is 23.3. The number of carbonyl (C=O) groups is 2. The van der Waals surface area contributed by atoms with Gasteiger partial charge in [-0.25, -0.2) is 0 Å². The van der Waals surface area contributed by atoms with Gasteiger partial charge in [0.15, 0.2) is 0 Å². The summed E-state index contributed by atoms with van der Waals surface area (Å²) in [6.07, 6.45) is 6.35. The van der Waals surface area contributed by atoms with Crippen molar-refractivity contribution in [1.82, 2.24) is 20.2 Å². The molecule has 0 aliphatic carbocycles. The van der Waals surface area contributed by atoms with Crippen molar-refractivity contribution in [3.8, 4) is 11.1 Å². The standard InChI is InChI=1S/C27H30N4O2/c1-20(2)18-30-26(33)27(12-16-31(19-27)25(32)24-9-5-6-13-29-24)17-22-7-3-4-8-23(22)21-10-14-28-15-11-21/h3-11,13-15,20H,12,16-19H2,1-2H3,(H,30,33)/t27-/m0/s1. The minimum Gasteiger partial charge on any atom is -0.355 e. The summed E-state index contributed by atoms with van der Waals surface area (Å²) in [7, 11) is 0. The fourth-order valence-electron chi connectivity index (χ4n) is 4.44. The lowest BCUT2D eigenvalue weighted by Gasteiger charge is -2.29. The first-order valence-corrected chi connectivity index (χ1v) is 11.5. The van der Waals surface area contributed by atoms with Gasteiger partial charge in [-0.1, -0.05) is 44.2 Å². The second-order valence-corrected chi connectivity index (χ2v) is 9.15. The number of rotatable bonds is 7. The number of amides is 2. The molecule has 2 aromatic heterocycles. The quantitative estimate of drug-likeness (QED) is 0.600. The fraction of sp³-hybridized carbons (Fsp3) is 0.333. The molecule has 0 bridgehead atoms. The Balaban J connectivity index is 1.65. The highest BCUT2D eigenvalue weighted by molar-refractivity contribution is 5.94. The van der Waals surface area contributed by atoms with Crippen molar-refractivity contribution in [2.45, 2.75) is 26.7 Å². The molecule has 4 rings (SSSR count). The molecule has 0 radical (unpaired) electrons. The molecule has 6 heteroatoms. The Hall–Kier alpha value is -3.54. The second kappa shape index (κ2) is 9.94. The van der Waals surface area contributed by atoms with Crippen molar-refractivity contribution < 1.29 is 9.59 Å². The Bertz CT molecular complexity index is 1100. The Morgan fingerprint density at radius 3 is 2.52 bits per heavy atom. The summed E-state index contributed by atoms with van der Waals surface area (Å²) in [5, 5.41) is 3.14. The molecule has 2 amide bonds. The second-order valence-electron chi connectivity index (χ2n) is 9.15. The van der Waals surface area contributed by atoms with Gasteiger partial charge in [0.25, 0.3) is 5.91 Å². The Morgan fingerprint density at radius 1 is 1.03 bits per heavy atom. The van der Waals surface area contributed by atoms with E-state index in [9.17, 15) is 9.59 Å². The van der Waals surface area contributed by atoms with E-state index in [2.05, 4.69) is 41.3 Å². The lowest BCUT2D eigenvalue weighted by molar-refractivity contribution is -0.130. The van der Waals surface area contributed by atoms with Crippen LogP contribution in [0.4, 0.5) is 0 Å². The van der Waals surface area contributed by atoms with Crippen LogP contribution in [0.5, 0.6) is 0 Å². The number of pyridine rings is 2. The highest BCUT2D eigenvalue weighted by Crippen LogP contribution is 2.38. The van der Waals surface area contributed by atoms with Crippen LogP contribution in [0.25, 0.3) is 11.1 Å². The summed E-state index contributed by atoms with van der Waals surface area (Å²) >= 11 is 0. The van der Waals surface area contributed by atoms with E-state index in [0.29, 0.717) is 44.1 Å². The molecular formula is C27H30N4O2. The summed E-state index contributed by atoms with van der Waals surface area (Å²) in [6.45, 7) is 5.67. The number of likely N-dealkylation sites (tertiary alicyclic amines) is 1. The van der Waals surface area contributed by atoms with Crippen LogP contribution in [0.1, 0.15) is 36.3 Å². The molecule has 0 unspecified atom stereocenters. The third kappa shape index (κ3) is 5.11. The van der Waals surface area contributed by atoms with Crippen LogP contribution in [0.3, 0.4) is 0 Å². The number of nitrogens with one attached hydrogen (secondary N) is 1. The van der Waals surface area contributed by atoms with Gasteiger partial charge in [-0.2, -0.15) is 0 Å². The molecule has 1 atom stereocenters. The minimum absolute atomic E-state index is 0.0112. The summed E-state index contributed by atoms with van der Waals surface area (Å²) in [5.74, 6) is 0.233. The van der Waals surface area contributed by atoms with Crippen molar-refractivity contribution in [3.05, 3.63) is 84.4 Å². The molecule has 1 aliphatic rings. The predicted molar refractivity (Wildman–Crippen MR) is 128 cm³/mol. The van der Waals surface area contributed by atoms with Crippen molar-refractivity contribution in [2.75, 3.05) is 19.6 Å². The monoisotopic (exact) mass is 442 g/mol. The van der Waals surface area contributed by atoms with Crippen LogP contribution in [0, 0.1) is 11.3 Å². The number of hydrogen-bond acceptors (Lipinski definition) is 4. The van der Waals surface area contributed by atoms with E-state index in [-0.39, 0.29) is 11.8 Å². The van der Waals surface area contributed by atoms with Crippen LogP contribution < -0.4 is 5.32 Å². The minimum atomic E-state index is -0.692. The average molecular weight is 443 g/mol. The number of nitrogens with zero attached hydrogens (tertiary/aromatic N) is 3. The van der Waals surface area contributed by atoms with Gasteiger partial charge < -0.3 is 10.2 Å². The van der Waals surface area contributed by atoms with Gasteiger partial charge in [0.1, 0.15) is 5.69 Å². The molecule has 1 aliphatic heterocycles. The smallest absolute Gasteiger partial charge is 0.272 e. The zero-order valence-corrected chi connectivity index (χ0v) is 19.2. The maximum Gasteiger partial charge on any atom is 0.272 e. The van der Waals surface area contributed by atoms with Crippen molar-refractivity contribution in [1.29, 1.82) is 0 Å². The highest BCUT2D eigenvalue weighted by Gasteiger charge is 2.46. The van der Waals surface area contributed by atoms with Gasteiger partial charge in [-0.05, 0) is 59.7 Å². The molecule has 1 N–H and O–H groups in total. The van der Waals surface area contributed by atoms with Gasteiger partial charge >= 0.3 is 0 Å². The maximum absolute atomic E-state index is 13.6. The molecule has 1 saturated heterocycles. The number of carbonyl (C=O) groups excluding carboxylic acids is 2. The van der Waals surface area contributed by atoms with Crippen molar-refractivity contribution in [2.24, 2.45) is 11.3 Å². The van der Waals surface area contributed by atoms with Crippen LogP contribution >= 0.6 is 0 Å².